The molecule has 2 aliphatic heterocycles. The van der Waals surface area contributed by atoms with E-state index in [0.717, 1.165) is 14.0 Å². The molecule has 2 saturated heterocycles. The Balaban J connectivity index is 2.46. The fourth-order valence-electron chi connectivity index (χ4n) is 3.38. The van der Waals surface area contributed by atoms with Crippen LogP contribution < -0.4 is 5.32 Å². The van der Waals surface area contributed by atoms with Crippen LogP contribution >= 0.6 is 0 Å². The van der Waals surface area contributed by atoms with Gasteiger partial charge < -0.3 is 49.8 Å². The van der Waals surface area contributed by atoms with Crippen LogP contribution in [0.25, 0.3) is 0 Å². The van der Waals surface area contributed by atoms with E-state index in [1.807, 2.05) is 0 Å². The number of amides is 1. The number of methoxy groups -OCH3 is 1. The van der Waals surface area contributed by atoms with E-state index in [1.54, 1.807) is 0 Å². The van der Waals surface area contributed by atoms with Gasteiger partial charge in [-0.1, -0.05) is 0 Å². The van der Waals surface area contributed by atoms with Gasteiger partial charge in [-0.05, 0) is 0 Å². The molecule has 2 rings (SSSR count). The SMILES string of the molecule is CO[C@@H]1O[C@H](CO)[C@@H](OS(=O)(=O)O)[C@H](O[C@@H]2O[C@H](C(=O)O)[C@@H](O)[C@H](O)[C@H]2O)[C@H]1NC(C)=O. The molecule has 2 aliphatic rings. The summed E-state index contributed by atoms with van der Waals surface area (Å²) in [4.78, 5) is 23.0. The molecule has 0 bridgehead atoms. The lowest BCUT2D eigenvalue weighted by molar-refractivity contribution is -0.336. The monoisotopic (exact) mass is 491 g/mol. The number of carboxylic acids is 1. The molecule has 0 aromatic carbocycles. The van der Waals surface area contributed by atoms with Crippen molar-refractivity contribution in [1.29, 1.82) is 0 Å². The van der Waals surface area contributed by atoms with E-state index in [1.165, 1.54) is 0 Å². The maximum Gasteiger partial charge on any atom is 0.397 e. The van der Waals surface area contributed by atoms with Crippen molar-refractivity contribution >= 4 is 22.3 Å². The topological polar surface area (TPSA) is 248 Å². The summed E-state index contributed by atoms with van der Waals surface area (Å²) in [6.45, 7) is 0.187. The van der Waals surface area contributed by atoms with Gasteiger partial charge in [0, 0.05) is 14.0 Å². The summed E-state index contributed by atoms with van der Waals surface area (Å²) in [6, 6.07) is -1.41. The number of rotatable bonds is 8. The molecule has 16 nitrogen and oxygen atoms in total. The average molecular weight is 491 g/mol. The second-order valence-corrected chi connectivity index (χ2v) is 8.06. The number of carbonyl (C=O) groups excluding carboxylic acids is 1. The van der Waals surface area contributed by atoms with E-state index in [0.29, 0.717) is 0 Å². The smallest absolute Gasteiger partial charge is 0.397 e. The number of carbonyl (C=O) groups is 2. The van der Waals surface area contributed by atoms with Crippen LogP contribution in [0.4, 0.5) is 0 Å². The third-order valence-corrected chi connectivity index (χ3v) is 5.23. The quantitative estimate of drug-likeness (QED) is 0.158. The molecule has 7 N–H and O–H groups in total. The Morgan fingerprint density at radius 1 is 1.03 bits per heavy atom. The number of carboxylic acid groups (broad SMARTS) is 1. The van der Waals surface area contributed by atoms with Gasteiger partial charge in [0.05, 0.1) is 6.61 Å². The summed E-state index contributed by atoms with van der Waals surface area (Å²) < 4.78 is 57.4. The number of aliphatic hydroxyl groups excluding tert-OH is 4. The molecule has 0 saturated carbocycles. The molecule has 0 spiro atoms. The number of nitrogens with one attached hydrogen (secondary N) is 1. The Kier molecular flexibility index (Phi) is 8.87. The Labute approximate surface area is 181 Å². The van der Waals surface area contributed by atoms with Gasteiger partial charge in [-0.25, -0.2) is 8.98 Å². The first-order chi connectivity index (χ1) is 14.8. The van der Waals surface area contributed by atoms with E-state index in [-0.39, 0.29) is 0 Å². The van der Waals surface area contributed by atoms with Gasteiger partial charge in [0.25, 0.3) is 0 Å². The van der Waals surface area contributed by atoms with Gasteiger partial charge in [0.1, 0.15) is 42.7 Å². The largest absolute Gasteiger partial charge is 0.479 e. The van der Waals surface area contributed by atoms with Gasteiger partial charge in [-0.2, -0.15) is 8.42 Å². The maximum absolute atomic E-state index is 11.7. The van der Waals surface area contributed by atoms with Crippen molar-refractivity contribution in [3.8, 4) is 0 Å². The first-order valence-electron chi connectivity index (χ1n) is 9.10. The van der Waals surface area contributed by atoms with Crippen molar-refractivity contribution in [2.45, 2.75) is 68.3 Å². The Morgan fingerprint density at radius 2 is 1.66 bits per heavy atom. The van der Waals surface area contributed by atoms with Gasteiger partial charge in [0.15, 0.2) is 18.7 Å². The average Bonchev–Trinajstić information content (AvgIpc) is 2.68. The first-order valence-corrected chi connectivity index (χ1v) is 10.5. The lowest BCUT2D eigenvalue weighted by atomic mass is 9.95. The van der Waals surface area contributed by atoms with Crippen LogP contribution in [0.15, 0.2) is 0 Å². The fourth-order valence-corrected chi connectivity index (χ4v) is 3.89. The maximum atomic E-state index is 11.7. The third-order valence-electron chi connectivity index (χ3n) is 4.77. The van der Waals surface area contributed by atoms with Gasteiger partial charge in [-0.15, -0.1) is 0 Å². The molecule has 186 valence electrons. The lowest BCUT2D eigenvalue weighted by Crippen LogP contribution is -2.68. The summed E-state index contributed by atoms with van der Waals surface area (Å²) in [6.07, 6.45) is -16.7. The number of aliphatic hydroxyl groups is 4. The summed E-state index contributed by atoms with van der Waals surface area (Å²) in [5, 5.41) is 51.1. The minimum atomic E-state index is -5.19. The number of aliphatic carboxylic acids is 1. The molecule has 0 aliphatic carbocycles. The van der Waals surface area contributed by atoms with Crippen molar-refractivity contribution in [2.75, 3.05) is 13.7 Å². The van der Waals surface area contributed by atoms with Crippen molar-refractivity contribution in [3.05, 3.63) is 0 Å². The minimum absolute atomic E-state index is 0.689. The van der Waals surface area contributed by atoms with Crippen LogP contribution in [0.1, 0.15) is 6.92 Å². The van der Waals surface area contributed by atoms with E-state index < -0.39 is 90.2 Å². The molecule has 2 heterocycles. The van der Waals surface area contributed by atoms with E-state index >= 15 is 0 Å². The van der Waals surface area contributed by atoms with Crippen LogP contribution in [0, 0.1) is 0 Å². The van der Waals surface area contributed by atoms with Crippen molar-refractivity contribution < 1.29 is 71.2 Å². The Morgan fingerprint density at radius 3 is 2.12 bits per heavy atom. The van der Waals surface area contributed by atoms with Gasteiger partial charge in [-0.3, -0.25) is 9.35 Å². The fraction of sp³-hybridized carbons (Fsp3) is 0.867. The molecule has 0 unspecified atom stereocenters. The summed E-state index contributed by atoms with van der Waals surface area (Å²) >= 11 is 0. The number of hydrogen-bond donors (Lipinski definition) is 7. The molecule has 0 radical (unpaired) electrons. The van der Waals surface area contributed by atoms with Crippen LogP contribution in [0.5, 0.6) is 0 Å². The zero-order valence-electron chi connectivity index (χ0n) is 16.7. The van der Waals surface area contributed by atoms with Crippen molar-refractivity contribution in [1.82, 2.24) is 5.32 Å². The highest BCUT2D eigenvalue weighted by Gasteiger charge is 2.54. The Hall–Kier alpha value is -1.51. The standard InChI is InChI=1S/C15H25NO15S/c1-4(18)16-6-11(10(31-32(24,25)26)5(3-17)28-14(6)27-2)29-15-9(21)7(19)8(20)12(30-15)13(22)23/h5-12,14-15,17,19-21H,3H2,1-2H3,(H,16,18)(H,22,23)(H,24,25,26)/t5-,6-,7+,8+,9-,10-,11-,12+,14-,15-/m1/s1. The minimum Gasteiger partial charge on any atom is -0.479 e. The van der Waals surface area contributed by atoms with E-state index in [4.69, 9.17) is 23.5 Å². The first kappa shape index (κ1) is 26.7. The summed E-state index contributed by atoms with van der Waals surface area (Å²) in [5.41, 5.74) is 0. The zero-order valence-corrected chi connectivity index (χ0v) is 17.6. The molecule has 32 heavy (non-hydrogen) atoms. The Bertz CT molecular complexity index is 777. The molecular weight excluding hydrogens is 466 g/mol. The zero-order chi connectivity index (χ0) is 24.4. The van der Waals surface area contributed by atoms with E-state index in [9.17, 15) is 43.5 Å². The highest BCUT2D eigenvalue weighted by Crippen LogP contribution is 2.31. The van der Waals surface area contributed by atoms with Crippen LogP contribution in [-0.2, 0) is 43.1 Å². The van der Waals surface area contributed by atoms with Gasteiger partial charge in [0.2, 0.25) is 5.91 Å². The van der Waals surface area contributed by atoms with Crippen LogP contribution in [0.3, 0.4) is 0 Å². The highest BCUT2D eigenvalue weighted by molar-refractivity contribution is 7.80. The molecule has 1 amide bonds. The third kappa shape index (κ3) is 6.08. The molecule has 0 aromatic rings. The highest BCUT2D eigenvalue weighted by atomic mass is 32.3. The second-order valence-electron chi connectivity index (χ2n) is 7.01. The number of hydrogen-bond acceptors (Lipinski definition) is 13. The molecule has 0 aromatic heterocycles. The predicted molar refractivity (Wildman–Crippen MR) is 96.0 cm³/mol. The molecular formula is C15H25NO15S. The molecule has 17 heteroatoms. The van der Waals surface area contributed by atoms with E-state index in [2.05, 4.69) is 9.50 Å². The predicted octanol–water partition coefficient (Wildman–Crippen LogP) is -4.68. The molecule has 10 atom stereocenters. The van der Waals surface area contributed by atoms with Gasteiger partial charge >= 0.3 is 16.4 Å². The lowest BCUT2D eigenvalue weighted by Gasteiger charge is -2.47. The van der Waals surface area contributed by atoms with Crippen molar-refractivity contribution in [3.63, 3.8) is 0 Å². The normalized spacial score (nSPS) is 40.6. The van der Waals surface area contributed by atoms with Crippen LogP contribution in [0.2, 0.25) is 0 Å². The summed E-state index contributed by atoms with van der Waals surface area (Å²) in [5.74, 6) is -2.40. The van der Waals surface area contributed by atoms with Crippen molar-refractivity contribution in [2.24, 2.45) is 0 Å². The summed E-state index contributed by atoms with van der Waals surface area (Å²) in [7, 11) is -4.04. The number of ether oxygens (including phenoxy) is 4. The van der Waals surface area contributed by atoms with Crippen LogP contribution in [-0.4, -0.2) is 125 Å². The second kappa shape index (κ2) is 10.6. The molecule has 2 fully saturated rings.